The summed E-state index contributed by atoms with van der Waals surface area (Å²) in [5.74, 6) is 0.314. The SMILES string of the molecule is CC(CCOc1cccc(F)c1)CCS(N)(=O)=O. The predicted octanol–water partition coefficient (Wildman–Crippen LogP) is 1.91. The number of hydrogen-bond acceptors (Lipinski definition) is 3. The lowest BCUT2D eigenvalue weighted by molar-refractivity contribution is 0.280. The van der Waals surface area contributed by atoms with E-state index in [0.717, 1.165) is 0 Å². The normalized spacial score (nSPS) is 13.3. The fraction of sp³-hybridized carbons (Fsp3) is 0.500. The molecule has 0 aliphatic carbocycles. The molecule has 0 radical (unpaired) electrons. The molecule has 0 saturated heterocycles. The van der Waals surface area contributed by atoms with Crippen molar-refractivity contribution in [1.82, 2.24) is 0 Å². The van der Waals surface area contributed by atoms with Crippen molar-refractivity contribution in [2.24, 2.45) is 11.1 Å². The Morgan fingerprint density at radius 2 is 2.11 bits per heavy atom. The average Bonchev–Trinajstić information content (AvgIpc) is 2.25. The zero-order chi connectivity index (χ0) is 13.6. The van der Waals surface area contributed by atoms with Crippen molar-refractivity contribution >= 4 is 10.0 Å². The summed E-state index contributed by atoms with van der Waals surface area (Å²) in [5.41, 5.74) is 0. The predicted molar refractivity (Wildman–Crippen MR) is 68.3 cm³/mol. The lowest BCUT2D eigenvalue weighted by Gasteiger charge is -2.11. The van der Waals surface area contributed by atoms with Gasteiger partial charge in [0.25, 0.3) is 0 Å². The summed E-state index contributed by atoms with van der Waals surface area (Å²) in [4.78, 5) is 0. The van der Waals surface area contributed by atoms with Crippen LogP contribution in [0.4, 0.5) is 4.39 Å². The minimum Gasteiger partial charge on any atom is -0.493 e. The number of ether oxygens (including phenoxy) is 1. The molecule has 0 fully saturated rings. The van der Waals surface area contributed by atoms with Crippen molar-refractivity contribution in [1.29, 1.82) is 0 Å². The van der Waals surface area contributed by atoms with Crippen molar-refractivity contribution < 1.29 is 17.5 Å². The number of halogens is 1. The molecule has 0 heterocycles. The van der Waals surface area contributed by atoms with Gasteiger partial charge < -0.3 is 4.74 Å². The maximum absolute atomic E-state index is 12.8. The van der Waals surface area contributed by atoms with Crippen molar-refractivity contribution in [3.8, 4) is 5.75 Å². The second-order valence-corrected chi connectivity index (χ2v) is 6.09. The fourth-order valence-electron chi connectivity index (χ4n) is 1.44. The molecule has 4 nitrogen and oxygen atoms in total. The van der Waals surface area contributed by atoms with Crippen LogP contribution in [-0.4, -0.2) is 20.8 Å². The van der Waals surface area contributed by atoms with Crippen LogP contribution in [0.2, 0.25) is 0 Å². The van der Waals surface area contributed by atoms with E-state index in [-0.39, 0.29) is 17.5 Å². The van der Waals surface area contributed by atoms with E-state index in [1.807, 2.05) is 6.92 Å². The number of benzene rings is 1. The molecule has 6 heteroatoms. The lowest BCUT2D eigenvalue weighted by atomic mass is 10.1. The van der Waals surface area contributed by atoms with Gasteiger partial charge >= 0.3 is 0 Å². The molecule has 0 saturated carbocycles. The maximum atomic E-state index is 12.8. The zero-order valence-corrected chi connectivity index (χ0v) is 11.1. The molecule has 2 N–H and O–H groups in total. The van der Waals surface area contributed by atoms with Crippen molar-refractivity contribution in [2.75, 3.05) is 12.4 Å². The first kappa shape index (κ1) is 14.9. The Bertz CT molecular complexity index is 476. The molecule has 1 aromatic rings. The van der Waals surface area contributed by atoms with Gasteiger partial charge in [-0.1, -0.05) is 13.0 Å². The van der Waals surface area contributed by atoms with Gasteiger partial charge in [0.2, 0.25) is 10.0 Å². The summed E-state index contributed by atoms with van der Waals surface area (Å²) in [7, 11) is -3.39. The van der Waals surface area contributed by atoms with Crippen molar-refractivity contribution in [2.45, 2.75) is 19.8 Å². The van der Waals surface area contributed by atoms with Crippen LogP contribution in [0.25, 0.3) is 0 Å². The molecule has 102 valence electrons. The highest BCUT2D eigenvalue weighted by Crippen LogP contribution is 2.14. The molecule has 1 atom stereocenters. The molecule has 18 heavy (non-hydrogen) atoms. The largest absolute Gasteiger partial charge is 0.493 e. The van der Waals surface area contributed by atoms with Crippen LogP contribution < -0.4 is 9.88 Å². The number of sulfonamides is 1. The quantitative estimate of drug-likeness (QED) is 0.826. The second kappa shape index (κ2) is 6.70. The van der Waals surface area contributed by atoms with Gasteiger partial charge in [0.05, 0.1) is 12.4 Å². The summed E-state index contributed by atoms with van der Waals surface area (Å²) >= 11 is 0. The minimum atomic E-state index is -3.39. The highest BCUT2D eigenvalue weighted by atomic mass is 32.2. The molecule has 0 amide bonds. The van der Waals surface area contributed by atoms with E-state index >= 15 is 0 Å². The van der Waals surface area contributed by atoms with Crippen molar-refractivity contribution in [3.05, 3.63) is 30.1 Å². The van der Waals surface area contributed by atoms with E-state index < -0.39 is 10.0 Å². The van der Waals surface area contributed by atoms with E-state index in [1.165, 1.54) is 12.1 Å². The number of hydrogen-bond donors (Lipinski definition) is 1. The third-order valence-electron chi connectivity index (χ3n) is 2.57. The molecule has 0 spiro atoms. The highest BCUT2D eigenvalue weighted by Gasteiger charge is 2.08. The first-order chi connectivity index (χ1) is 8.37. The van der Waals surface area contributed by atoms with Crippen LogP contribution in [0.3, 0.4) is 0 Å². The van der Waals surface area contributed by atoms with Crippen LogP contribution in [0.15, 0.2) is 24.3 Å². The first-order valence-corrected chi connectivity index (χ1v) is 7.47. The van der Waals surface area contributed by atoms with Crippen LogP contribution in [0.5, 0.6) is 5.75 Å². The second-order valence-electron chi connectivity index (χ2n) is 4.36. The molecule has 1 unspecified atom stereocenters. The Hall–Kier alpha value is -1.14. The third kappa shape index (κ3) is 6.56. The van der Waals surface area contributed by atoms with Gasteiger partial charge in [-0.15, -0.1) is 0 Å². The molecule has 1 aromatic carbocycles. The Balaban J connectivity index is 2.25. The molecule has 0 bridgehead atoms. The van der Waals surface area contributed by atoms with E-state index in [2.05, 4.69) is 0 Å². The van der Waals surface area contributed by atoms with Gasteiger partial charge in [-0.25, -0.2) is 17.9 Å². The maximum Gasteiger partial charge on any atom is 0.209 e. The van der Waals surface area contributed by atoms with Crippen LogP contribution in [0.1, 0.15) is 19.8 Å². The Morgan fingerprint density at radius 3 is 2.72 bits per heavy atom. The van der Waals surface area contributed by atoms with Crippen LogP contribution in [0, 0.1) is 11.7 Å². The minimum absolute atomic E-state index is 0.0197. The summed E-state index contributed by atoms with van der Waals surface area (Å²) in [5, 5.41) is 4.92. The van der Waals surface area contributed by atoms with E-state index in [4.69, 9.17) is 9.88 Å². The van der Waals surface area contributed by atoms with Crippen LogP contribution >= 0.6 is 0 Å². The number of rotatable bonds is 7. The molecular formula is C12H18FNO3S. The van der Waals surface area contributed by atoms with Gasteiger partial charge in [-0.3, -0.25) is 0 Å². The van der Waals surface area contributed by atoms with Gasteiger partial charge in [0.15, 0.2) is 0 Å². The molecule has 0 aliphatic heterocycles. The average molecular weight is 275 g/mol. The van der Waals surface area contributed by atoms with Gasteiger partial charge in [0, 0.05) is 6.07 Å². The Labute approximate surface area is 107 Å². The summed E-state index contributed by atoms with van der Waals surface area (Å²) in [6.07, 6.45) is 1.21. The summed E-state index contributed by atoms with van der Waals surface area (Å²) < 4.78 is 39.8. The lowest BCUT2D eigenvalue weighted by Crippen LogP contribution is -2.18. The van der Waals surface area contributed by atoms with E-state index in [9.17, 15) is 12.8 Å². The standard InChI is InChI=1S/C12H18FNO3S/c1-10(6-8-18(14,15)16)5-7-17-12-4-2-3-11(13)9-12/h2-4,9-10H,5-8H2,1H3,(H2,14,15,16). The first-order valence-electron chi connectivity index (χ1n) is 5.75. The summed E-state index contributed by atoms with van der Waals surface area (Å²) in [6.45, 7) is 2.36. The Morgan fingerprint density at radius 1 is 1.39 bits per heavy atom. The molecule has 0 aromatic heterocycles. The smallest absolute Gasteiger partial charge is 0.209 e. The van der Waals surface area contributed by atoms with Gasteiger partial charge in [-0.2, -0.15) is 0 Å². The van der Waals surface area contributed by atoms with Crippen molar-refractivity contribution in [3.63, 3.8) is 0 Å². The monoisotopic (exact) mass is 275 g/mol. The Kier molecular flexibility index (Phi) is 5.55. The third-order valence-corrected chi connectivity index (χ3v) is 3.38. The van der Waals surface area contributed by atoms with Gasteiger partial charge in [0.1, 0.15) is 11.6 Å². The molecular weight excluding hydrogens is 257 g/mol. The zero-order valence-electron chi connectivity index (χ0n) is 10.3. The van der Waals surface area contributed by atoms with Gasteiger partial charge in [-0.05, 0) is 30.9 Å². The highest BCUT2D eigenvalue weighted by molar-refractivity contribution is 7.89. The van der Waals surface area contributed by atoms with Crippen LogP contribution in [-0.2, 0) is 10.0 Å². The number of nitrogens with two attached hydrogens (primary N) is 1. The summed E-state index contributed by atoms with van der Waals surface area (Å²) in [6, 6.07) is 5.92. The van der Waals surface area contributed by atoms with E-state index in [1.54, 1.807) is 12.1 Å². The topological polar surface area (TPSA) is 69.4 Å². The fourth-order valence-corrected chi connectivity index (χ4v) is 2.18. The number of primary sulfonamides is 1. The molecule has 1 rings (SSSR count). The van der Waals surface area contributed by atoms with E-state index in [0.29, 0.717) is 25.2 Å². The molecule has 0 aliphatic rings.